The summed E-state index contributed by atoms with van der Waals surface area (Å²) in [6.07, 6.45) is 5.25. The first kappa shape index (κ1) is 24.8. The summed E-state index contributed by atoms with van der Waals surface area (Å²) < 4.78 is 7.63. The number of likely N-dealkylation sites (N-methyl/N-ethyl adjacent to an activating group) is 1. The molecule has 1 aliphatic carbocycles. The smallest absolute Gasteiger partial charge is 0.225 e. The summed E-state index contributed by atoms with van der Waals surface area (Å²) in [6, 6.07) is 10.2. The second-order valence-corrected chi connectivity index (χ2v) is 11.4. The topological polar surface area (TPSA) is 113 Å². The molecule has 0 spiro atoms. The molecule has 206 valence electrons. The lowest BCUT2D eigenvalue weighted by molar-refractivity contribution is 0.110. The van der Waals surface area contributed by atoms with Crippen LogP contribution in [0.2, 0.25) is 0 Å². The quantitative estimate of drug-likeness (QED) is 0.252. The molecule has 0 saturated heterocycles. The largest absolute Gasteiger partial charge is 0.496 e. The molecule has 1 fully saturated rings. The van der Waals surface area contributed by atoms with Crippen molar-refractivity contribution in [2.24, 2.45) is 7.05 Å². The fourth-order valence-corrected chi connectivity index (χ4v) is 6.18. The van der Waals surface area contributed by atoms with Gasteiger partial charge in [0.15, 0.2) is 5.82 Å². The van der Waals surface area contributed by atoms with Crippen molar-refractivity contribution in [2.75, 3.05) is 25.5 Å². The summed E-state index contributed by atoms with van der Waals surface area (Å²) in [6.45, 7) is 8.75. The fourth-order valence-electron chi connectivity index (χ4n) is 6.18. The number of nitrogens with one attached hydrogen (secondary N) is 3. The van der Waals surface area contributed by atoms with Crippen molar-refractivity contribution < 1.29 is 4.74 Å². The van der Waals surface area contributed by atoms with Gasteiger partial charge >= 0.3 is 0 Å². The van der Waals surface area contributed by atoms with Crippen LogP contribution < -0.4 is 10.1 Å². The number of hydrogen-bond acceptors (Lipinski definition) is 7. The van der Waals surface area contributed by atoms with Crippen molar-refractivity contribution in [3.63, 3.8) is 0 Å². The van der Waals surface area contributed by atoms with Crippen molar-refractivity contribution in [2.45, 2.75) is 51.5 Å². The summed E-state index contributed by atoms with van der Waals surface area (Å²) in [5.74, 6) is 3.43. The highest BCUT2D eigenvalue weighted by atomic mass is 16.5. The number of ether oxygens (including phenoxy) is 1. The van der Waals surface area contributed by atoms with Gasteiger partial charge in [-0.2, -0.15) is 10.1 Å². The maximum absolute atomic E-state index is 5.85. The van der Waals surface area contributed by atoms with Crippen LogP contribution in [0.1, 0.15) is 56.5 Å². The zero-order chi connectivity index (χ0) is 27.6. The Labute approximate surface area is 233 Å². The molecule has 3 aromatic heterocycles. The number of imidazole rings is 1. The first-order valence-corrected chi connectivity index (χ1v) is 14.0. The van der Waals surface area contributed by atoms with Gasteiger partial charge in [0.25, 0.3) is 0 Å². The minimum atomic E-state index is -0.0937. The van der Waals surface area contributed by atoms with Gasteiger partial charge in [-0.15, -0.1) is 5.10 Å². The van der Waals surface area contributed by atoms with E-state index in [1.54, 1.807) is 11.8 Å². The Bertz CT molecular complexity index is 1720. The van der Waals surface area contributed by atoms with Crippen LogP contribution in [0.15, 0.2) is 36.5 Å². The molecule has 0 bridgehead atoms. The molecule has 1 saturated carbocycles. The van der Waals surface area contributed by atoms with Crippen molar-refractivity contribution in [3.8, 4) is 28.5 Å². The molecule has 7 rings (SSSR count). The normalized spacial score (nSPS) is 16.8. The van der Waals surface area contributed by atoms with Gasteiger partial charge in [0.05, 0.1) is 41.3 Å². The predicted octanol–water partition coefficient (Wildman–Crippen LogP) is 5.49. The Morgan fingerprint density at radius 3 is 2.77 bits per heavy atom. The number of aromatic nitrogens is 7. The van der Waals surface area contributed by atoms with Gasteiger partial charge in [-0.25, -0.2) is 9.67 Å². The van der Waals surface area contributed by atoms with E-state index in [1.165, 1.54) is 29.5 Å². The van der Waals surface area contributed by atoms with Crippen LogP contribution >= 0.6 is 0 Å². The van der Waals surface area contributed by atoms with Gasteiger partial charge in [0.2, 0.25) is 5.95 Å². The Morgan fingerprint density at radius 2 is 2.00 bits per heavy atom. The molecule has 0 unspecified atom stereocenters. The molecule has 0 amide bonds. The fraction of sp³-hybridized carbons (Fsp3) is 0.400. The van der Waals surface area contributed by atoms with Gasteiger partial charge in [-0.05, 0) is 69.0 Å². The Kier molecular flexibility index (Phi) is 5.71. The van der Waals surface area contributed by atoms with E-state index in [2.05, 4.69) is 58.3 Å². The van der Waals surface area contributed by atoms with Crippen molar-refractivity contribution in [1.29, 1.82) is 0 Å². The molecule has 10 heteroatoms. The van der Waals surface area contributed by atoms with Gasteiger partial charge in [0.1, 0.15) is 11.6 Å². The monoisotopic (exact) mass is 537 g/mol. The third-order valence-electron chi connectivity index (χ3n) is 8.56. The van der Waals surface area contributed by atoms with Crippen molar-refractivity contribution in [3.05, 3.63) is 53.5 Å². The number of aromatic amines is 2. The van der Waals surface area contributed by atoms with Crippen LogP contribution in [-0.2, 0) is 19.0 Å². The summed E-state index contributed by atoms with van der Waals surface area (Å²) in [4.78, 5) is 16.0. The van der Waals surface area contributed by atoms with E-state index >= 15 is 0 Å². The zero-order valence-corrected chi connectivity index (χ0v) is 23.7. The number of benzene rings is 2. The second-order valence-electron chi connectivity index (χ2n) is 11.4. The zero-order valence-electron chi connectivity index (χ0n) is 23.7. The van der Waals surface area contributed by atoms with E-state index < -0.39 is 0 Å². The van der Waals surface area contributed by atoms with E-state index in [-0.39, 0.29) is 5.54 Å². The second kappa shape index (κ2) is 9.19. The summed E-state index contributed by atoms with van der Waals surface area (Å²) in [7, 11) is 3.60. The minimum absolute atomic E-state index is 0.0937. The number of rotatable bonds is 7. The molecule has 3 N–H and O–H groups in total. The van der Waals surface area contributed by atoms with E-state index in [9.17, 15) is 0 Å². The third kappa shape index (κ3) is 3.97. The Balaban J connectivity index is 1.20. The molecule has 5 aromatic rings. The molecule has 2 aromatic carbocycles. The average molecular weight is 538 g/mol. The minimum Gasteiger partial charge on any atom is -0.496 e. The average Bonchev–Trinajstić information content (AvgIpc) is 3.32. The lowest BCUT2D eigenvalue weighted by Gasteiger charge is -2.41. The number of nitrogens with zero attached hydrogens (tertiary/aromatic N) is 6. The van der Waals surface area contributed by atoms with E-state index in [0.29, 0.717) is 17.7 Å². The highest BCUT2D eigenvalue weighted by molar-refractivity contribution is 5.89. The summed E-state index contributed by atoms with van der Waals surface area (Å²) >= 11 is 0. The molecule has 10 nitrogen and oxygen atoms in total. The standard InChI is InChI=1S/C30H35N9O/c1-6-39-14-13-23-26(30(39,2)3)34-28(32-23)19-10-9-18(15-24(19)40-5)27-35-29(38(4)37-27)33-22-12-11-21-20(16-31-36-21)25(22)17-7-8-17/h9-12,15-17H,6-8,13-14H2,1-5H3,(H,31,36)(H,32,34)(H,33,35,37). The van der Waals surface area contributed by atoms with E-state index in [4.69, 9.17) is 19.8 Å². The van der Waals surface area contributed by atoms with Crippen LogP contribution in [0.25, 0.3) is 33.7 Å². The maximum atomic E-state index is 5.85. The number of methoxy groups -OCH3 is 1. The maximum Gasteiger partial charge on any atom is 0.225 e. The molecule has 2 aliphatic rings. The number of aryl methyl sites for hydroxylation is 1. The number of fused-ring (bicyclic) bond motifs is 2. The van der Waals surface area contributed by atoms with Crippen molar-refractivity contribution >= 4 is 22.5 Å². The molecular formula is C30H35N9O. The molecule has 40 heavy (non-hydrogen) atoms. The van der Waals surface area contributed by atoms with E-state index in [1.807, 2.05) is 31.4 Å². The van der Waals surface area contributed by atoms with Gasteiger partial charge in [-0.1, -0.05) is 13.0 Å². The van der Waals surface area contributed by atoms with Crippen LogP contribution in [0.3, 0.4) is 0 Å². The first-order valence-electron chi connectivity index (χ1n) is 14.0. The van der Waals surface area contributed by atoms with Crippen LogP contribution in [-0.4, -0.2) is 60.0 Å². The predicted molar refractivity (Wildman–Crippen MR) is 156 cm³/mol. The molecule has 0 atom stereocenters. The molecule has 0 radical (unpaired) electrons. The van der Waals surface area contributed by atoms with Crippen LogP contribution in [0, 0.1) is 0 Å². The Hall–Kier alpha value is -4.18. The number of hydrogen-bond donors (Lipinski definition) is 3. The summed E-state index contributed by atoms with van der Waals surface area (Å²) in [5.41, 5.74) is 7.44. The first-order chi connectivity index (χ1) is 19.4. The van der Waals surface area contributed by atoms with Crippen LogP contribution in [0.4, 0.5) is 11.6 Å². The SMILES string of the molecule is CCN1CCc2nc(-c3ccc(-c4nc(Nc5ccc6[nH]ncc6c5C5CC5)n(C)n4)cc3OC)[nH]c2C1(C)C. The van der Waals surface area contributed by atoms with Crippen molar-refractivity contribution in [1.82, 2.24) is 39.8 Å². The van der Waals surface area contributed by atoms with Gasteiger partial charge < -0.3 is 15.0 Å². The highest BCUT2D eigenvalue weighted by Gasteiger charge is 2.36. The van der Waals surface area contributed by atoms with Gasteiger partial charge in [-0.3, -0.25) is 10.00 Å². The molecule has 4 heterocycles. The Morgan fingerprint density at radius 1 is 1.15 bits per heavy atom. The van der Waals surface area contributed by atoms with E-state index in [0.717, 1.165) is 59.1 Å². The number of anilines is 2. The lowest BCUT2D eigenvalue weighted by atomic mass is 9.91. The van der Waals surface area contributed by atoms with Crippen LogP contribution in [0.5, 0.6) is 5.75 Å². The highest BCUT2D eigenvalue weighted by Crippen LogP contribution is 2.47. The number of H-pyrrole nitrogens is 2. The third-order valence-corrected chi connectivity index (χ3v) is 8.56. The molecule has 1 aliphatic heterocycles. The molecular weight excluding hydrogens is 502 g/mol. The summed E-state index contributed by atoms with van der Waals surface area (Å²) in [5, 5.41) is 16.8. The lowest BCUT2D eigenvalue weighted by Crippen LogP contribution is -2.46. The van der Waals surface area contributed by atoms with Gasteiger partial charge in [0, 0.05) is 36.7 Å².